The molecule has 11 heteroatoms. The first-order valence-corrected chi connectivity index (χ1v) is 8.95. The number of amides is 1. The molecule has 0 aliphatic rings. The van der Waals surface area contributed by atoms with Gasteiger partial charge in [-0.25, -0.2) is 0 Å². The lowest BCUT2D eigenvalue weighted by Crippen LogP contribution is -2.56. The van der Waals surface area contributed by atoms with Crippen molar-refractivity contribution >= 4 is 69.4 Å². The first kappa shape index (κ1) is 21.2. The lowest BCUT2D eigenvalue weighted by molar-refractivity contribution is -0.384. The Hall–Kier alpha value is -2.13. The molecule has 0 aliphatic heterocycles. The molecular formula is C16H13Cl3N4O3S. The van der Waals surface area contributed by atoms with Crippen LogP contribution in [0.25, 0.3) is 0 Å². The van der Waals surface area contributed by atoms with E-state index in [9.17, 15) is 14.9 Å². The number of non-ortho nitro benzene ring substituents is 1. The number of carbonyl (C=O) groups excluding carboxylic acids is 1. The van der Waals surface area contributed by atoms with E-state index < -0.39 is 20.8 Å². The molecular weight excluding hydrogens is 435 g/mol. The predicted octanol–water partition coefficient (Wildman–Crippen LogP) is 4.01. The summed E-state index contributed by atoms with van der Waals surface area (Å²) >= 11 is 22.9. The standard InChI is InChI=1S/C16H13Cl3N4O3S/c17-16(18,19)14(22-15(27)20-11-4-2-1-3-5-11)21-13(24)10-6-8-12(9-7-10)23(25)26/h1-9,14H,(H,21,24)(H2,20,22,27). The largest absolute Gasteiger partial charge is 0.339 e. The van der Waals surface area contributed by atoms with Crippen LogP contribution in [0.1, 0.15) is 10.4 Å². The van der Waals surface area contributed by atoms with Gasteiger partial charge in [0.25, 0.3) is 11.6 Å². The van der Waals surface area contributed by atoms with E-state index in [4.69, 9.17) is 47.0 Å². The molecule has 0 spiro atoms. The van der Waals surface area contributed by atoms with Gasteiger partial charge in [0.15, 0.2) is 5.11 Å². The lowest BCUT2D eigenvalue weighted by Gasteiger charge is -2.27. The molecule has 142 valence electrons. The van der Waals surface area contributed by atoms with E-state index in [2.05, 4.69) is 16.0 Å². The van der Waals surface area contributed by atoms with Crippen molar-refractivity contribution in [1.29, 1.82) is 0 Å². The summed E-state index contributed by atoms with van der Waals surface area (Å²) in [5.74, 6) is -0.601. The van der Waals surface area contributed by atoms with Gasteiger partial charge in [0.1, 0.15) is 6.17 Å². The summed E-state index contributed by atoms with van der Waals surface area (Å²) in [4.78, 5) is 22.5. The van der Waals surface area contributed by atoms with Gasteiger partial charge < -0.3 is 16.0 Å². The second-order valence-electron chi connectivity index (χ2n) is 5.22. The summed E-state index contributed by atoms with van der Waals surface area (Å²) in [5.41, 5.74) is 0.721. The van der Waals surface area contributed by atoms with Crippen molar-refractivity contribution in [2.75, 3.05) is 5.32 Å². The molecule has 0 aromatic heterocycles. The number of benzene rings is 2. The maximum absolute atomic E-state index is 12.4. The molecule has 2 aromatic rings. The fourth-order valence-corrected chi connectivity index (χ4v) is 2.53. The SMILES string of the molecule is O=C(NC(NC(=S)Nc1ccccc1)C(Cl)(Cl)Cl)c1ccc([N+](=O)[O-])cc1. The average molecular weight is 448 g/mol. The van der Waals surface area contributed by atoms with Gasteiger partial charge >= 0.3 is 0 Å². The number of hydrogen-bond donors (Lipinski definition) is 3. The van der Waals surface area contributed by atoms with Crippen molar-refractivity contribution in [2.24, 2.45) is 0 Å². The van der Waals surface area contributed by atoms with Crippen LogP contribution in [0.4, 0.5) is 11.4 Å². The Morgan fingerprint density at radius 3 is 2.15 bits per heavy atom. The highest BCUT2D eigenvalue weighted by Crippen LogP contribution is 2.29. The molecule has 1 amide bonds. The second kappa shape index (κ2) is 9.18. The average Bonchev–Trinajstić information content (AvgIpc) is 2.61. The van der Waals surface area contributed by atoms with Crippen LogP contribution in [-0.2, 0) is 0 Å². The zero-order chi connectivity index (χ0) is 20.0. The van der Waals surface area contributed by atoms with Crippen molar-refractivity contribution in [3.63, 3.8) is 0 Å². The highest BCUT2D eigenvalue weighted by molar-refractivity contribution is 7.80. The Labute approximate surface area is 175 Å². The van der Waals surface area contributed by atoms with Gasteiger partial charge in [-0.3, -0.25) is 14.9 Å². The van der Waals surface area contributed by atoms with Crippen LogP contribution in [0, 0.1) is 10.1 Å². The highest BCUT2D eigenvalue weighted by atomic mass is 35.6. The van der Waals surface area contributed by atoms with E-state index in [0.29, 0.717) is 5.69 Å². The Balaban J connectivity index is 2.06. The first-order valence-electron chi connectivity index (χ1n) is 7.41. The molecule has 27 heavy (non-hydrogen) atoms. The Morgan fingerprint density at radius 1 is 1.04 bits per heavy atom. The van der Waals surface area contributed by atoms with Crippen LogP contribution in [-0.4, -0.2) is 25.9 Å². The van der Waals surface area contributed by atoms with Crippen molar-refractivity contribution in [3.05, 3.63) is 70.3 Å². The number of nitrogens with one attached hydrogen (secondary N) is 3. The first-order chi connectivity index (χ1) is 12.7. The summed E-state index contributed by atoms with van der Waals surface area (Å²) in [7, 11) is 0. The molecule has 3 N–H and O–H groups in total. The van der Waals surface area contributed by atoms with Gasteiger partial charge in [-0.05, 0) is 36.5 Å². The number of halogens is 3. The minimum atomic E-state index is -1.92. The highest BCUT2D eigenvalue weighted by Gasteiger charge is 2.35. The number of carbonyl (C=O) groups is 1. The van der Waals surface area contributed by atoms with Crippen LogP contribution in [0.2, 0.25) is 0 Å². The van der Waals surface area contributed by atoms with E-state index >= 15 is 0 Å². The topological polar surface area (TPSA) is 96.3 Å². The quantitative estimate of drug-likeness (QED) is 0.211. The molecule has 2 aromatic carbocycles. The number of nitro benzene ring substituents is 1. The molecule has 0 bridgehead atoms. The minimum absolute atomic E-state index is 0.126. The van der Waals surface area contributed by atoms with Crippen LogP contribution in [0.15, 0.2) is 54.6 Å². The Morgan fingerprint density at radius 2 is 1.63 bits per heavy atom. The van der Waals surface area contributed by atoms with Gasteiger partial charge in [-0.15, -0.1) is 0 Å². The minimum Gasteiger partial charge on any atom is -0.339 e. The molecule has 0 saturated heterocycles. The second-order valence-corrected chi connectivity index (χ2v) is 7.99. The summed E-state index contributed by atoms with van der Waals surface area (Å²) in [6, 6.07) is 14.0. The monoisotopic (exact) mass is 446 g/mol. The third kappa shape index (κ3) is 6.51. The van der Waals surface area contributed by atoms with Crippen LogP contribution < -0.4 is 16.0 Å². The van der Waals surface area contributed by atoms with E-state index in [1.54, 1.807) is 12.1 Å². The van der Waals surface area contributed by atoms with Crippen molar-refractivity contribution < 1.29 is 9.72 Å². The summed E-state index contributed by atoms with van der Waals surface area (Å²) in [6.45, 7) is 0. The van der Waals surface area contributed by atoms with Crippen LogP contribution in [0.3, 0.4) is 0 Å². The zero-order valence-electron chi connectivity index (χ0n) is 13.5. The Bertz CT molecular complexity index is 829. The third-order valence-electron chi connectivity index (χ3n) is 3.25. The van der Waals surface area contributed by atoms with E-state index in [1.807, 2.05) is 18.2 Å². The van der Waals surface area contributed by atoms with Gasteiger partial charge in [-0.2, -0.15) is 0 Å². The zero-order valence-corrected chi connectivity index (χ0v) is 16.6. The fraction of sp³-hybridized carbons (Fsp3) is 0.125. The smallest absolute Gasteiger partial charge is 0.269 e. The summed E-state index contributed by atoms with van der Waals surface area (Å²) in [5, 5.41) is 18.9. The molecule has 7 nitrogen and oxygen atoms in total. The lowest BCUT2D eigenvalue weighted by atomic mass is 10.2. The van der Waals surface area contributed by atoms with E-state index in [0.717, 1.165) is 0 Å². The van der Waals surface area contributed by atoms with Crippen molar-refractivity contribution in [3.8, 4) is 0 Å². The number of anilines is 1. The van der Waals surface area contributed by atoms with Crippen molar-refractivity contribution in [2.45, 2.75) is 9.96 Å². The van der Waals surface area contributed by atoms with Gasteiger partial charge in [0.2, 0.25) is 3.79 Å². The number of nitro groups is 1. The molecule has 0 saturated carbocycles. The summed E-state index contributed by atoms with van der Waals surface area (Å²) < 4.78 is -1.92. The fourth-order valence-electron chi connectivity index (χ4n) is 1.97. The molecule has 0 fully saturated rings. The maximum Gasteiger partial charge on any atom is 0.269 e. The number of nitrogens with zero attached hydrogens (tertiary/aromatic N) is 1. The molecule has 0 heterocycles. The molecule has 0 radical (unpaired) electrons. The molecule has 2 rings (SSSR count). The molecule has 0 aliphatic carbocycles. The van der Waals surface area contributed by atoms with Gasteiger partial charge in [0, 0.05) is 23.4 Å². The van der Waals surface area contributed by atoms with E-state index in [-0.39, 0.29) is 16.4 Å². The number of para-hydroxylation sites is 1. The molecule has 1 unspecified atom stereocenters. The number of alkyl halides is 3. The van der Waals surface area contributed by atoms with Gasteiger partial charge in [0.05, 0.1) is 4.92 Å². The third-order valence-corrected chi connectivity index (χ3v) is 4.12. The number of thiocarbonyl (C=S) groups is 1. The van der Waals surface area contributed by atoms with Crippen LogP contribution >= 0.6 is 47.0 Å². The number of hydrogen-bond acceptors (Lipinski definition) is 4. The predicted molar refractivity (Wildman–Crippen MR) is 110 cm³/mol. The van der Waals surface area contributed by atoms with Crippen LogP contribution in [0.5, 0.6) is 0 Å². The van der Waals surface area contributed by atoms with Gasteiger partial charge in [-0.1, -0.05) is 53.0 Å². The maximum atomic E-state index is 12.4. The summed E-state index contributed by atoms with van der Waals surface area (Å²) in [6.07, 6.45) is -1.16. The number of rotatable bonds is 5. The van der Waals surface area contributed by atoms with E-state index in [1.165, 1.54) is 24.3 Å². The molecule has 1 atom stereocenters. The Kier molecular flexibility index (Phi) is 7.20. The normalized spacial score (nSPS) is 12.0. The van der Waals surface area contributed by atoms with Crippen molar-refractivity contribution in [1.82, 2.24) is 10.6 Å².